The molecule has 0 N–H and O–H groups in total. The van der Waals surface area contributed by atoms with Crippen molar-refractivity contribution in [1.82, 2.24) is 19.2 Å². The Morgan fingerprint density at radius 3 is 2.34 bits per heavy atom. The maximum absolute atomic E-state index is 12.7. The van der Waals surface area contributed by atoms with Crippen LogP contribution < -0.4 is 5.69 Å². The van der Waals surface area contributed by atoms with E-state index in [1.165, 1.54) is 16.2 Å². The number of carbonyl (C=O) groups is 1. The molecule has 2 heterocycles. The molecule has 0 saturated heterocycles. The molecule has 9 heteroatoms. The van der Waals surface area contributed by atoms with Gasteiger partial charge in [-0.05, 0) is 42.0 Å². The molecule has 2 aromatic carbocycles. The molecule has 0 aliphatic heterocycles. The highest BCUT2D eigenvalue weighted by Crippen LogP contribution is 2.24. The molecule has 29 heavy (non-hydrogen) atoms. The largest absolute Gasteiger partial charge is 0.350 e. The maximum atomic E-state index is 12.7. The average Bonchev–Trinajstić information content (AvgIpc) is 3.04. The van der Waals surface area contributed by atoms with E-state index >= 15 is 0 Å². The lowest BCUT2D eigenvalue weighted by Gasteiger charge is -2.02. The first kappa shape index (κ1) is 19.7. The zero-order valence-electron chi connectivity index (χ0n) is 15.0. The standard InChI is InChI=1S/C20H14Cl2N4O2S/c21-15-5-1-13(2-6-15)12-29-19-18-24-26(20(28)25(18)10-9-23-19)11-17(27)14-3-7-16(22)8-4-14/h1-10H,11-12H2. The first-order chi connectivity index (χ1) is 14.0. The fourth-order valence-electron chi connectivity index (χ4n) is 2.73. The molecule has 6 nitrogen and oxygen atoms in total. The molecule has 2 aromatic heterocycles. The average molecular weight is 445 g/mol. The highest BCUT2D eigenvalue weighted by atomic mass is 35.5. The van der Waals surface area contributed by atoms with Crippen LogP contribution in [0.1, 0.15) is 15.9 Å². The molecular formula is C20H14Cl2N4O2S. The van der Waals surface area contributed by atoms with Crippen LogP contribution in [0.25, 0.3) is 5.65 Å². The number of hydrogen-bond donors (Lipinski definition) is 0. The van der Waals surface area contributed by atoms with Crippen LogP contribution in [0.2, 0.25) is 10.0 Å². The van der Waals surface area contributed by atoms with Gasteiger partial charge in [0.25, 0.3) is 0 Å². The number of thioether (sulfide) groups is 1. The van der Waals surface area contributed by atoms with Crippen molar-refractivity contribution < 1.29 is 4.79 Å². The zero-order chi connectivity index (χ0) is 20.4. The minimum absolute atomic E-state index is 0.163. The summed E-state index contributed by atoms with van der Waals surface area (Å²) in [6, 6.07) is 14.0. The summed E-state index contributed by atoms with van der Waals surface area (Å²) in [5.41, 5.74) is 1.56. The SMILES string of the molecule is O=C(Cn1nc2c(SCc3ccc(Cl)cc3)nccn2c1=O)c1ccc(Cl)cc1. The van der Waals surface area contributed by atoms with Crippen LogP contribution in [0.5, 0.6) is 0 Å². The molecular weight excluding hydrogens is 431 g/mol. The quantitative estimate of drug-likeness (QED) is 0.326. The third-order valence-corrected chi connectivity index (χ3v) is 5.76. The lowest BCUT2D eigenvalue weighted by Crippen LogP contribution is -2.25. The van der Waals surface area contributed by atoms with Gasteiger partial charge in [0.1, 0.15) is 11.6 Å². The van der Waals surface area contributed by atoms with Crippen molar-refractivity contribution >= 4 is 46.4 Å². The van der Waals surface area contributed by atoms with Crippen LogP contribution in [0, 0.1) is 0 Å². The lowest BCUT2D eigenvalue weighted by molar-refractivity contribution is 0.0966. The Balaban J connectivity index is 1.58. The molecule has 0 bridgehead atoms. The van der Waals surface area contributed by atoms with Crippen LogP contribution in [-0.2, 0) is 12.3 Å². The predicted molar refractivity (Wildman–Crippen MR) is 114 cm³/mol. The van der Waals surface area contributed by atoms with Gasteiger partial charge >= 0.3 is 5.69 Å². The monoisotopic (exact) mass is 444 g/mol. The van der Waals surface area contributed by atoms with Crippen molar-refractivity contribution in [1.29, 1.82) is 0 Å². The first-order valence-corrected chi connectivity index (χ1v) is 10.4. The summed E-state index contributed by atoms with van der Waals surface area (Å²) >= 11 is 13.2. The molecule has 0 amide bonds. The number of nitrogens with zero attached hydrogens (tertiary/aromatic N) is 4. The van der Waals surface area contributed by atoms with E-state index in [-0.39, 0.29) is 12.3 Å². The number of ketones is 1. The Labute approximate surface area is 180 Å². The van der Waals surface area contributed by atoms with E-state index in [1.807, 2.05) is 24.3 Å². The molecule has 0 aliphatic rings. The third kappa shape index (κ3) is 4.37. The molecule has 0 saturated carbocycles. The Hall–Kier alpha value is -2.61. The fourth-order valence-corrected chi connectivity index (χ4v) is 3.88. The Morgan fingerprint density at radius 2 is 1.66 bits per heavy atom. The molecule has 0 fully saturated rings. The Bertz CT molecular complexity index is 1230. The molecule has 4 rings (SSSR count). The van der Waals surface area contributed by atoms with Crippen LogP contribution >= 0.6 is 35.0 Å². The second-order valence-electron chi connectivity index (χ2n) is 6.21. The second-order valence-corrected chi connectivity index (χ2v) is 8.05. The van der Waals surface area contributed by atoms with Crippen molar-refractivity contribution in [3.05, 3.63) is 92.6 Å². The number of fused-ring (bicyclic) bond motifs is 1. The number of aromatic nitrogens is 4. The number of carbonyl (C=O) groups excluding carboxylic acids is 1. The van der Waals surface area contributed by atoms with Crippen LogP contribution in [-0.4, -0.2) is 24.9 Å². The van der Waals surface area contributed by atoms with E-state index < -0.39 is 5.69 Å². The van der Waals surface area contributed by atoms with Gasteiger partial charge in [-0.2, -0.15) is 0 Å². The van der Waals surface area contributed by atoms with E-state index in [0.717, 1.165) is 10.2 Å². The highest BCUT2D eigenvalue weighted by Gasteiger charge is 2.15. The Kier molecular flexibility index (Phi) is 5.71. The van der Waals surface area contributed by atoms with Gasteiger partial charge in [-0.3, -0.25) is 4.79 Å². The fraction of sp³-hybridized carbons (Fsp3) is 0.100. The van der Waals surface area contributed by atoms with Gasteiger partial charge in [0.2, 0.25) is 0 Å². The summed E-state index contributed by atoms with van der Waals surface area (Å²) in [5, 5.41) is 6.16. The number of rotatable bonds is 6. The number of hydrogen-bond acceptors (Lipinski definition) is 5. The highest BCUT2D eigenvalue weighted by molar-refractivity contribution is 7.98. The maximum Gasteiger partial charge on any atom is 0.350 e. The van der Waals surface area contributed by atoms with Crippen molar-refractivity contribution in [3.63, 3.8) is 0 Å². The second kappa shape index (κ2) is 8.41. The molecule has 0 unspecified atom stereocenters. The van der Waals surface area contributed by atoms with Gasteiger partial charge in [0.15, 0.2) is 11.4 Å². The topological polar surface area (TPSA) is 69.3 Å². The number of Topliss-reactive ketones (excluding diaryl/α,β-unsaturated/α-hetero) is 1. The molecule has 4 aromatic rings. The zero-order valence-corrected chi connectivity index (χ0v) is 17.3. The van der Waals surface area contributed by atoms with E-state index in [4.69, 9.17) is 23.2 Å². The van der Waals surface area contributed by atoms with Gasteiger partial charge in [-0.15, -0.1) is 5.10 Å². The van der Waals surface area contributed by atoms with E-state index in [9.17, 15) is 9.59 Å². The van der Waals surface area contributed by atoms with Crippen LogP contribution in [0.3, 0.4) is 0 Å². The van der Waals surface area contributed by atoms with Crippen molar-refractivity contribution in [2.24, 2.45) is 0 Å². The van der Waals surface area contributed by atoms with E-state index in [1.54, 1.807) is 36.7 Å². The third-order valence-electron chi connectivity index (χ3n) is 4.22. The predicted octanol–water partition coefficient (Wildman–Crippen LogP) is 4.37. The van der Waals surface area contributed by atoms with Gasteiger partial charge in [-0.25, -0.2) is 18.9 Å². The van der Waals surface area contributed by atoms with Crippen molar-refractivity contribution in [3.8, 4) is 0 Å². The van der Waals surface area contributed by atoms with Gasteiger partial charge in [0.05, 0.1) is 0 Å². The van der Waals surface area contributed by atoms with Gasteiger partial charge in [0, 0.05) is 33.8 Å². The minimum atomic E-state index is -0.391. The molecule has 0 spiro atoms. The van der Waals surface area contributed by atoms with E-state index in [2.05, 4.69) is 10.1 Å². The molecule has 0 atom stereocenters. The summed E-state index contributed by atoms with van der Waals surface area (Å²) in [6.45, 7) is -0.163. The van der Waals surface area contributed by atoms with Gasteiger partial charge in [-0.1, -0.05) is 47.1 Å². The molecule has 0 aliphatic carbocycles. The van der Waals surface area contributed by atoms with Crippen molar-refractivity contribution in [2.45, 2.75) is 17.3 Å². The van der Waals surface area contributed by atoms with Gasteiger partial charge < -0.3 is 0 Å². The van der Waals surface area contributed by atoms with Crippen molar-refractivity contribution in [2.75, 3.05) is 0 Å². The van der Waals surface area contributed by atoms with Crippen LogP contribution in [0.4, 0.5) is 0 Å². The summed E-state index contributed by atoms with van der Waals surface area (Å²) in [4.78, 5) is 29.5. The van der Waals surface area contributed by atoms with Crippen LogP contribution in [0.15, 0.2) is 70.7 Å². The summed E-state index contributed by atoms with van der Waals surface area (Å²) in [6.07, 6.45) is 3.09. The normalized spacial score (nSPS) is 11.1. The number of benzene rings is 2. The van der Waals surface area contributed by atoms with E-state index in [0.29, 0.717) is 32.0 Å². The summed E-state index contributed by atoms with van der Waals surface area (Å²) < 4.78 is 2.55. The Morgan fingerprint density at radius 1 is 1.00 bits per heavy atom. The molecule has 146 valence electrons. The summed E-state index contributed by atoms with van der Waals surface area (Å²) in [7, 11) is 0. The minimum Gasteiger partial charge on any atom is -0.292 e. The smallest absolute Gasteiger partial charge is 0.292 e. The first-order valence-electron chi connectivity index (χ1n) is 8.61. The lowest BCUT2D eigenvalue weighted by atomic mass is 10.1. The summed E-state index contributed by atoms with van der Waals surface area (Å²) in [5.74, 6) is 0.421. The molecule has 0 radical (unpaired) electrons. The number of halogens is 2.